The van der Waals surface area contributed by atoms with E-state index in [1.165, 1.54) is 30.5 Å². The molecule has 0 spiro atoms. The molecule has 1 aliphatic heterocycles. The fraction of sp³-hybridized carbons (Fsp3) is 0.647. The summed E-state index contributed by atoms with van der Waals surface area (Å²) in [7, 11) is 0. The van der Waals surface area contributed by atoms with Crippen LogP contribution in [0.1, 0.15) is 51.2 Å². The van der Waals surface area contributed by atoms with Crippen molar-refractivity contribution in [2.75, 3.05) is 6.54 Å². The van der Waals surface area contributed by atoms with E-state index in [0.29, 0.717) is 0 Å². The minimum Gasteiger partial charge on any atom is -0.390 e. The van der Waals surface area contributed by atoms with Gasteiger partial charge in [0.25, 0.3) is 0 Å². The summed E-state index contributed by atoms with van der Waals surface area (Å²) in [5.41, 5.74) is 2.16. The number of aryl methyl sites for hydroxylation is 1. The molecular weight excluding hydrogens is 234 g/mol. The van der Waals surface area contributed by atoms with Crippen molar-refractivity contribution in [1.29, 1.82) is 0 Å². The van der Waals surface area contributed by atoms with Crippen LogP contribution < -0.4 is 0 Å². The quantitative estimate of drug-likeness (QED) is 0.878. The molecule has 1 fully saturated rings. The first-order chi connectivity index (χ1) is 8.94. The van der Waals surface area contributed by atoms with Crippen molar-refractivity contribution in [1.82, 2.24) is 4.90 Å². The lowest BCUT2D eigenvalue weighted by atomic mass is 9.98. The minimum atomic E-state index is -0.566. The lowest BCUT2D eigenvalue weighted by Gasteiger charge is -2.21. The first-order valence-electron chi connectivity index (χ1n) is 7.48. The van der Waals surface area contributed by atoms with Crippen molar-refractivity contribution in [2.24, 2.45) is 0 Å². The Labute approximate surface area is 117 Å². The van der Waals surface area contributed by atoms with Crippen molar-refractivity contribution < 1.29 is 5.11 Å². The highest BCUT2D eigenvalue weighted by Gasteiger charge is 2.19. The second-order valence-corrected chi connectivity index (χ2v) is 6.59. The van der Waals surface area contributed by atoms with Gasteiger partial charge in [0, 0.05) is 12.6 Å². The first kappa shape index (κ1) is 14.5. The number of hydrogen-bond acceptors (Lipinski definition) is 2. The van der Waals surface area contributed by atoms with Crippen molar-refractivity contribution in [3.05, 3.63) is 35.4 Å². The van der Waals surface area contributed by atoms with Gasteiger partial charge in [-0.25, -0.2) is 0 Å². The van der Waals surface area contributed by atoms with Crippen LogP contribution in [-0.4, -0.2) is 28.2 Å². The van der Waals surface area contributed by atoms with Crippen LogP contribution >= 0.6 is 0 Å². The van der Waals surface area contributed by atoms with Crippen molar-refractivity contribution in [3.8, 4) is 0 Å². The molecule has 0 amide bonds. The molecule has 1 heterocycles. The molecular formula is C17H27NO. The standard InChI is InChI=1S/C17H27NO/c1-14-5-4-12-18(14)13-16-8-6-15(7-9-16)10-11-17(2,3)19/h6-9,14,19H,4-5,10-13H2,1-3H3. The maximum Gasteiger partial charge on any atom is 0.0594 e. The molecule has 2 rings (SSSR count). The fourth-order valence-corrected chi connectivity index (χ4v) is 2.72. The maximum absolute atomic E-state index is 9.75. The molecule has 0 bridgehead atoms. The van der Waals surface area contributed by atoms with E-state index in [2.05, 4.69) is 36.1 Å². The largest absolute Gasteiger partial charge is 0.390 e. The first-order valence-corrected chi connectivity index (χ1v) is 7.48. The van der Waals surface area contributed by atoms with Gasteiger partial charge in [-0.3, -0.25) is 4.90 Å². The maximum atomic E-state index is 9.75. The zero-order chi connectivity index (χ0) is 13.9. The third kappa shape index (κ3) is 4.63. The molecule has 1 aromatic carbocycles. The Kier molecular flexibility index (Phi) is 4.64. The van der Waals surface area contributed by atoms with Crippen LogP contribution in [0.2, 0.25) is 0 Å². The van der Waals surface area contributed by atoms with Gasteiger partial charge >= 0.3 is 0 Å². The lowest BCUT2D eigenvalue weighted by Crippen LogP contribution is -2.26. The monoisotopic (exact) mass is 261 g/mol. The average molecular weight is 261 g/mol. The highest BCUT2D eigenvalue weighted by molar-refractivity contribution is 5.23. The third-order valence-corrected chi connectivity index (χ3v) is 4.12. The molecule has 19 heavy (non-hydrogen) atoms. The predicted octanol–water partition coefficient (Wildman–Crippen LogP) is 3.37. The van der Waals surface area contributed by atoms with Gasteiger partial charge in [0.15, 0.2) is 0 Å². The van der Waals surface area contributed by atoms with Gasteiger partial charge in [-0.2, -0.15) is 0 Å². The van der Waals surface area contributed by atoms with Crippen LogP contribution in [0.15, 0.2) is 24.3 Å². The Morgan fingerprint density at radius 3 is 2.37 bits per heavy atom. The highest BCUT2D eigenvalue weighted by atomic mass is 16.3. The van der Waals surface area contributed by atoms with Crippen LogP contribution in [0, 0.1) is 0 Å². The summed E-state index contributed by atoms with van der Waals surface area (Å²) in [4.78, 5) is 2.56. The normalized spacial score (nSPS) is 20.9. The van der Waals surface area contributed by atoms with E-state index >= 15 is 0 Å². The van der Waals surface area contributed by atoms with Crippen LogP contribution in [0.25, 0.3) is 0 Å². The Hall–Kier alpha value is -0.860. The van der Waals surface area contributed by atoms with Gasteiger partial charge in [0.2, 0.25) is 0 Å². The SMILES string of the molecule is CC1CCCN1Cc1ccc(CCC(C)(C)O)cc1. The van der Waals surface area contributed by atoms with Gasteiger partial charge in [-0.05, 0) is 64.1 Å². The molecule has 0 aromatic heterocycles. The zero-order valence-electron chi connectivity index (χ0n) is 12.5. The molecule has 0 saturated carbocycles. The minimum absolute atomic E-state index is 0.566. The molecule has 106 valence electrons. The van der Waals surface area contributed by atoms with E-state index < -0.39 is 5.60 Å². The van der Waals surface area contributed by atoms with Crippen molar-refractivity contribution in [2.45, 2.75) is 64.6 Å². The molecule has 1 atom stereocenters. The molecule has 1 aromatic rings. The van der Waals surface area contributed by atoms with Crippen LogP contribution in [0.3, 0.4) is 0 Å². The molecule has 1 aliphatic rings. The van der Waals surface area contributed by atoms with E-state index in [9.17, 15) is 5.11 Å². The van der Waals surface area contributed by atoms with E-state index in [-0.39, 0.29) is 0 Å². The Balaban J connectivity index is 1.87. The van der Waals surface area contributed by atoms with Crippen molar-refractivity contribution in [3.63, 3.8) is 0 Å². The van der Waals surface area contributed by atoms with E-state index in [0.717, 1.165) is 25.4 Å². The number of likely N-dealkylation sites (tertiary alicyclic amines) is 1. The second-order valence-electron chi connectivity index (χ2n) is 6.59. The zero-order valence-corrected chi connectivity index (χ0v) is 12.5. The third-order valence-electron chi connectivity index (χ3n) is 4.12. The van der Waals surface area contributed by atoms with Gasteiger partial charge in [0.05, 0.1) is 5.60 Å². The van der Waals surface area contributed by atoms with Gasteiger partial charge in [0.1, 0.15) is 0 Å². The van der Waals surface area contributed by atoms with Crippen molar-refractivity contribution >= 4 is 0 Å². The molecule has 2 heteroatoms. The summed E-state index contributed by atoms with van der Waals surface area (Å²) in [5.74, 6) is 0. The predicted molar refractivity (Wildman–Crippen MR) is 80.2 cm³/mol. The van der Waals surface area contributed by atoms with Crippen LogP contribution in [0.5, 0.6) is 0 Å². The van der Waals surface area contributed by atoms with Crippen LogP contribution in [-0.2, 0) is 13.0 Å². The topological polar surface area (TPSA) is 23.5 Å². The summed E-state index contributed by atoms with van der Waals surface area (Å²) < 4.78 is 0. The van der Waals surface area contributed by atoms with Gasteiger partial charge in [-0.1, -0.05) is 24.3 Å². The number of nitrogens with zero attached hydrogens (tertiary/aromatic N) is 1. The van der Waals surface area contributed by atoms with E-state index in [1.54, 1.807) is 0 Å². The molecule has 1 saturated heterocycles. The molecule has 2 nitrogen and oxygen atoms in total. The number of rotatable bonds is 5. The van der Waals surface area contributed by atoms with E-state index in [1.807, 2.05) is 13.8 Å². The fourth-order valence-electron chi connectivity index (χ4n) is 2.72. The summed E-state index contributed by atoms with van der Waals surface area (Å²) in [5, 5.41) is 9.75. The molecule has 0 aliphatic carbocycles. The average Bonchev–Trinajstić information content (AvgIpc) is 2.73. The second kappa shape index (κ2) is 6.06. The number of hydrogen-bond donors (Lipinski definition) is 1. The molecule has 0 radical (unpaired) electrons. The van der Waals surface area contributed by atoms with E-state index in [4.69, 9.17) is 0 Å². The Morgan fingerprint density at radius 2 is 1.84 bits per heavy atom. The summed E-state index contributed by atoms with van der Waals surface area (Å²) >= 11 is 0. The van der Waals surface area contributed by atoms with Gasteiger partial charge in [-0.15, -0.1) is 0 Å². The summed E-state index contributed by atoms with van der Waals surface area (Å²) in [6, 6.07) is 9.63. The highest BCUT2D eigenvalue weighted by Crippen LogP contribution is 2.20. The lowest BCUT2D eigenvalue weighted by molar-refractivity contribution is 0.0714. The molecule has 1 N–H and O–H groups in total. The Morgan fingerprint density at radius 1 is 1.21 bits per heavy atom. The molecule has 1 unspecified atom stereocenters. The van der Waals surface area contributed by atoms with Crippen LogP contribution in [0.4, 0.5) is 0 Å². The smallest absolute Gasteiger partial charge is 0.0594 e. The summed E-state index contributed by atoms with van der Waals surface area (Å²) in [6.07, 6.45) is 4.44. The Bertz CT molecular complexity index is 391. The van der Waals surface area contributed by atoms with Gasteiger partial charge < -0.3 is 5.11 Å². The number of aliphatic hydroxyl groups is 1. The summed E-state index contributed by atoms with van der Waals surface area (Å²) in [6.45, 7) is 8.38. The number of benzene rings is 1.